The minimum atomic E-state index is -2.31. The van der Waals surface area contributed by atoms with Gasteiger partial charge in [-0.1, -0.05) is 0 Å². The average Bonchev–Trinajstić information content (AvgIpc) is 3.12. The van der Waals surface area contributed by atoms with Gasteiger partial charge < -0.3 is 19.7 Å². The van der Waals surface area contributed by atoms with E-state index in [0.717, 1.165) is 48.1 Å². The third-order valence-corrected chi connectivity index (χ3v) is 5.04. The fourth-order valence-corrected chi connectivity index (χ4v) is 3.76. The van der Waals surface area contributed by atoms with Gasteiger partial charge in [0.05, 0.1) is 25.8 Å². The molecular formula is C21H29F2N3O2. The number of methoxy groups -OCH3 is 1. The van der Waals surface area contributed by atoms with Crippen molar-refractivity contribution in [2.24, 2.45) is 0 Å². The molecule has 1 aromatic carbocycles. The van der Waals surface area contributed by atoms with Crippen LogP contribution in [0.25, 0.3) is 10.9 Å². The van der Waals surface area contributed by atoms with Crippen LogP contribution in [0, 0.1) is 0 Å². The summed E-state index contributed by atoms with van der Waals surface area (Å²) in [6.45, 7) is 3.70. The van der Waals surface area contributed by atoms with Gasteiger partial charge in [0.1, 0.15) is 0 Å². The van der Waals surface area contributed by atoms with Gasteiger partial charge in [0.25, 0.3) is 6.43 Å². The molecule has 1 aliphatic carbocycles. The molecule has 7 heteroatoms. The summed E-state index contributed by atoms with van der Waals surface area (Å²) >= 11 is 0. The second-order valence-corrected chi connectivity index (χ2v) is 7.17. The molecule has 0 fully saturated rings. The molecule has 0 bridgehead atoms. The highest BCUT2D eigenvalue weighted by atomic mass is 19.3. The highest BCUT2D eigenvalue weighted by molar-refractivity contribution is 5.96. The number of fused-ring (bicyclic) bond motifs is 2. The van der Waals surface area contributed by atoms with Crippen LogP contribution in [0.2, 0.25) is 0 Å². The molecule has 154 valence electrons. The second kappa shape index (κ2) is 9.37. The lowest BCUT2D eigenvalue weighted by molar-refractivity contribution is 0.0976. The maximum atomic E-state index is 12.4. The van der Waals surface area contributed by atoms with Crippen molar-refractivity contribution in [2.75, 3.05) is 45.7 Å². The lowest BCUT2D eigenvalue weighted by Crippen LogP contribution is -2.26. The topological polar surface area (TPSA) is 46.6 Å². The molecule has 28 heavy (non-hydrogen) atoms. The lowest BCUT2D eigenvalue weighted by atomic mass is 10.1. The first-order chi connectivity index (χ1) is 13.5. The number of aromatic nitrogens is 1. The van der Waals surface area contributed by atoms with Crippen molar-refractivity contribution >= 4 is 16.6 Å². The Hall–Kier alpha value is -2.15. The van der Waals surface area contributed by atoms with E-state index < -0.39 is 6.43 Å². The van der Waals surface area contributed by atoms with E-state index in [1.807, 2.05) is 12.1 Å². The molecule has 0 spiro atoms. The van der Waals surface area contributed by atoms with Gasteiger partial charge in [-0.15, -0.1) is 0 Å². The van der Waals surface area contributed by atoms with E-state index in [0.29, 0.717) is 31.1 Å². The summed E-state index contributed by atoms with van der Waals surface area (Å²) in [4.78, 5) is 6.47. The van der Waals surface area contributed by atoms with Crippen molar-refractivity contribution in [3.05, 3.63) is 23.4 Å². The Bertz CT molecular complexity index is 814. The molecule has 0 atom stereocenters. The minimum Gasteiger partial charge on any atom is -0.493 e. The Kier molecular flexibility index (Phi) is 6.88. The highest BCUT2D eigenvalue weighted by Crippen LogP contribution is 2.39. The number of pyridine rings is 1. The van der Waals surface area contributed by atoms with Gasteiger partial charge in [0.2, 0.25) is 0 Å². The summed E-state index contributed by atoms with van der Waals surface area (Å²) in [5.74, 6) is 1.30. The van der Waals surface area contributed by atoms with Crippen LogP contribution in [0.4, 0.5) is 14.5 Å². The number of hydrogen-bond donors (Lipinski definition) is 1. The normalized spacial score (nSPS) is 13.4. The number of nitrogens with zero attached hydrogens (tertiary/aromatic N) is 2. The van der Waals surface area contributed by atoms with Crippen LogP contribution >= 0.6 is 0 Å². The monoisotopic (exact) mass is 393 g/mol. The van der Waals surface area contributed by atoms with Crippen LogP contribution in [0.1, 0.15) is 31.0 Å². The number of nitrogens with one attached hydrogen (secondary N) is 1. The van der Waals surface area contributed by atoms with E-state index in [1.165, 1.54) is 5.56 Å². The molecule has 0 unspecified atom stereocenters. The predicted octanol–water partition coefficient (Wildman–Crippen LogP) is 4.13. The quantitative estimate of drug-likeness (QED) is 0.615. The number of aryl methyl sites for hydroxylation is 1. The predicted molar refractivity (Wildman–Crippen MR) is 108 cm³/mol. The molecule has 0 saturated carbocycles. The lowest BCUT2D eigenvalue weighted by Gasteiger charge is -2.18. The Morgan fingerprint density at radius 2 is 2.07 bits per heavy atom. The minimum absolute atomic E-state index is 0.221. The van der Waals surface area contributed by atoms with Gasteiger partial charge in [-0.25, -0.2) is 8.78 Å². The van der Waals surface area contributed by atoms with Crippen molar-refractivity contribution in [3.8, 4) is 11.5 Å². The summed E-state index contributed by atoms with van der Waals surface area (Å²) < 4.78 is 36.2. The molecule has 2 aromatic rings. The third-order valence-electron chi connectivity index (χ3n) is 5.04. The van der Waals surface area contributed by atoms with Crippen molar-refractivity contribution in [3.63, 3.8) is 0 Å². The molecule has 3 rings (SSSR count). The van der Waals surface area contributed by atoms with Gasteiger partial charge in [-0.2, -0.15) is 0 Å². The van der Waals surface area contributed by atoms with Crippen LogP contribution in [0.15, 0.2) is 12.1 Å². The van der Waals surface area contributed by atoms with Crippen molar-refractivity contribution in [1.29, 1.82) is 0 Å². The molecular weight excluding hydrogens is 364 g/mol. The fourth-order valence-electron chi connectivity index (χ4n) is 3.76. The first kappa shape index (κ1) is 20.6. The second-order valence-electron chi connectivity index (χ2n) is 7.17. The van der Waals surface area contributed by atoms with Crippen LogP contribution in [-0.2, 0) is 12.8 Å². The largest absolute Gasteiger partial charge is 0.493 e. The van der Waals surface area contributed by atoms with Crippen molar-refractivity contribution in [2.45, 2.75) is 39.0 Å². The highest BCUT2D eigenvalue weighted by Gasteiger charge is 2.21. The van der Waals surface area contributed by atoms with E-state index in [-0.39, 0.29) is 6.54 Å². The van der Waals surface area contributed by atoms with Crippen LogP contribution in [0.3, 0.4) is 0 Å². The van der Waals surface area contributed by atoms with Crippen LogP contribution in [-0.4, -0.2) is 56.7 Å². The third kappa shape index (κ3) is 4.63. The summed E-state index contributed by atoms with van der Waals surface area (Å²) in [5, 5.41) is 4.54. The molecule has 1 heterocycles. The molecule has 1 aromatic heterocycles. The maximum Gasteiger partial charge on any atom is 0.251 e. The smallest absolute Gasteiger partial charge is 0.251 e. The number of benzene rings is 1. The zero-order chi connectivity index (χ0) is 20.1. The van der Waals surface area contributed by atoms with Gasteiger partial charge in [-0.3, -0.25) is 4.98 Å². The number of alkyl halides is 2. The SMILES string of the molecule is CCNc1c2c(nc3cc(OCCCN(C)CC(F)F)c(OC)cc13)CCC2. The molecule has 0 amide bonds. The van der Waals surface area contributed by atoms with Crippen LogP contribution in [0.5, 0.6) is 11.5 Å². The Labute approximate surface area is 165 Å². The molecule has 0 radical (unpaired) electrons. The Morgan fingerprint density at radius 3 is 2.79 bits per heavy atom. The number of rotatable bonds is 10. The average molecular weight is 393 g/mol. The molecule has 1 N–H and O–H groups in total. The van der Waals surface area contributed by atoms with Crippen molar-refractivity contribution < 1.29 is 18.3 Å². The Balaban J connectivity index is 1.79. The zero-order valence-corrected chi connectivity index (χ0v) is 16.9. The molecule has 5 nitrogen and oxygen atoms in total. The van der Waals surface area contributed by atoms with Gasteiger partial charge in [0, 0.05) is 35.9 Å². The van der Waals surface area contributed by atoms with E-state index in [9.17, 15) is 8.78 Å². The standard InChI is InChI=1S/C21H29F2N3O2/c1-4-24-21-14-7-5-8-16(14)25-17-12-19(18(27-3)11-15(17)21)28-10-6-9-26(2)13-20(22)23/h11-12,20H,4-10,13H2,1-3H3,(H,24,25). The van der Waals surface area contributed by atoms with E-state index in [2.05, 4.69) is 12.2 Å². The van der Waals surface area contributed by atoms with Crippen LogP contribution < -0.4 is 14.8 Å². The van der Waals surface area contributed by atoms with E-state index in [4.69, 9.17) is 14.5 Å². The zero-order valence-electron chi connectivity index (χ0n) is 16.9. The maximum absolute atomic E-state index is 12.4. The van der Waals surface area contributed by atoms with Gasteiger partial charge >= 0.3 is 0 Å². The van der Waals surface area contributed by atoms with E-state index >= 15 is 0 Å². The molecule has 1 aliphatic rings. The number of ether oxygens (including phenoxy) is 2. The fraction of sp³-hybridized carbons (Fsp3) is 0.571. The number of halogens is 2. The van der Waals surface area contributed by atoms with Gasteiger partial charge in [-0.05, 0) is 51.3 Å². The van der Waals surface area contributed by atoms with Crippen molar-refractivity contribution in [1.82, 2.24) is 9.88 Å². The summed E-state index contributed by atoms with van der Waals surface area (Å²) in [7, 11) is 3.31. The summed E-state index contributed by atoms with van der Waals surface area (Å²) in [5.41, 5.74) is 4.51. The van der Waals surface area contributed by atoms with Gasteiger partial charge in [0.15, 0.2) is 11.5 Å². The Morgan fingerprint density at radius 1 is 1.25 bits per heavy atom. The summed E-state index contributed by atoms with van der Waals surface area (Å²) in [6, 6.07) is 3.91. The number of anilines is 1. The first-order valence-electron chi connectivity index (χ1n) is 9.90. The summed E-state index contributed by atoms with van der Waals surface area (Å²) in [6.07, 6.45) is 1.52. The first-order valence-corrected chi connectivity index (χ1v) is 9.90. The number of hydrogen-bond acceptors (Lipinski definition) is 5. The molecule has 0 aliphatic heterocycles. The van der Waals surface area contributed by atoms with E-state index in [1.54, 1.807) is 19.1 Å². The molecule has 0 saturated heterocycles.